The Balaban J connectivity index is 0.00000324. The number of piperidine rings is 1. The maximum absolute atomic E-state index is 13.3. The van der Waals surface area contributed by atoms with Crippen LogP contribution in [0.5, 0.6) is 5.75 Å². The number of halogens is 3. The number of sulfonamides is 1. The van der Waals surface area contributed by atoms with Crippen LogP contribution in [0.15, 0.2) is 47.6 Å². The number of benzene rings is 2. The van der Waals surface area contributed by atoms with Crippen LogP contribution < -0.4 is 10.2 Å². The van der Waals surface area contributed by atoms with Crippen molar-refractivity contribution in [2.75, 3.05) is 13.1 Å². The molecule has 178 valence electrons. The Labute approximate surface area is 187 Å². The molecular weight excluding hydrogens is 465 g/mol. The molecule has 3 aromatic rings. The number of ether oxygens (including phenoxy) is 1. The summed E-state index contributed by atoms with van der Waals surface area (Å²) in [5, 5.41) is 9.10. The van der Waals surface area contributed by atoms with Crippen molar-refractivity contribution in [2.45, 2.75) is 30.0 Å². The number of aromatic amines is 1. The lowest BCUT2D eigenvalue weighted by atomic mass is 10.1. The molecule has 1 aromatic heterocycles. The minimum Gasteiger partial charge on any atom is -0.490 e. The van der Waals surface area contributed by atoms with Crippen LogP contribution in [-0.4, -0.2) is 53.0 Å². The summed E-state index contributed by atoms with van der Waals surface area (Å²) in [6.07, 6.45) is -2.93. The number of fused-ring (bicyclic) bond motifs is 1. The highest BCUT2D eigenvalue weighted by Gasteiger charge is 2.34. The topological polar surface area (TPSA) is 125 Å². The van der Waals surface area contributed by atoms with Crippen molar-refractivity contribution in [3.05, 3.63) is 53.9 Å². The number of alkyl halides is 3. The molecule has 0 radical (unpaired) electrons. The number of hydrogen-bond donors (Lipinski definition) is 3. The number of H-pyrrole nitrogens is 1. The molecule has 0 spiro atoms. The van der Waals surface area contributed by atoms with E-state index in [-0.39, 0.29) is 42.3 Å². The summed E-state index contributed by atoms with van der Waals surface area (Å²) in [6, 6.07) is 7.05. The summed E-state index contributed by atoms with van der Waals surface area (Å²) in [6.45, 7) is 0.152. The number of nitrogens with zero attached hydrogens (tertiary/aromatic N) is 2. The first-order chi connectivity index (χ1) is 15.6. The van der Waals surface area contributed by atoms with Gasteiger partial charge in [0.1, 0.15) is 17.4 Å². The number of rotatable bonds is 5. The van der Waals surface area contributed by atoms with Gasteiger partial charge in [0.2, 0.25) is 10.0 Å². The zero-order valence-corrected chi connectivity index (χ0v) is 17.8. The van der Waals surface area contributed by atoms with Crippen molar-refractivity contribution in [3.8, 4) is 5.75 Å². The normalized spacial score (nSPS) is 16.1. The predicted octanol–water partition coefficient (Wildman–Crippen LogP) is 3.18. The van der Waals surface area contributed by atoms with E-state index in [9.17, 15) is 26.4 Å². The van der Waals surface area contributed by atoms with Crippen LogP contribution in [0.25, 0.3) is 11.0 Å². The van der Waals surface area contributed by atoms with Crippen molar-refractivity contribution in [2.24, 2.45) is 0 Å². The molecule has 13 heteroatoms. The number of hydroxylamine groups is 1. The van der Waals surface area contributed by atoms with Crippen LogP contribution in [0.4, 0.5) is 13.2 Å². The molecule has 2 heterocycles. The maximum atomic E-state index is 13.3. The molecule has 1 aliphatic rings. The van der Waals surface area contributed by atoms with Crippen LogP contribution in [0.3, 0.4) is 0 Å². The Kier molecular flexibility index (Phi) is 6.03. The van der Waals surface area contributed by atoms with Crippen molar-refractivity contribution in [3.63, 3.8) is 0 Å². The average molecular weight is 486 g/mol. The van der Waals surface area contributed by atoms with Gasteiger partial charge < -0.3 is 9.72 Å². The Hall–Kier alpha value is -3.16. The summed E-state index contributed by atoms with van der Waals surface area (Å²) >= 11 is 0. The zero-order valence-electron chi connectivity index (χ0n) is 17.0. The smallest absolute Gasteiger partial charge is 0.416 e. The van der Waals surface area contributed by atoms with E-state index in [0.717, 1.165) is 12.1 Å². The number of carbonyl (C=O) groups is 1. The number of amides is 1. The average Bonchev–Trinajstić information content (AvgIpc) is 3.27. The molecule has 1 amide bonds. The number of carbonyl (C=O) groups excluding carboxylic acids is 1. The van der Waals surface area contributed by atoms with Crippen LogP contribution in [0, 0.1) is 0 Å². The van der Waals surface area contributed by atoms with Crippen molar-refractivity contribution < 1.29 is 37.8 Å². The molecule has 0 unspecified atom stereocenters. The first-order valence-electron chi connectivity index (χ1n) is 9.86. The molecule has 3 N–H and O–H groups in total. The molecule has 33 heavy (non-hydrogen) atoms. The van der Waals surface area contributed by atoms with E-state index < -0.39 is 27.7 Å². The van der Waals surface area contributed by atoms with Gasteiger partial charge in [-0.25, -0.2) is 18.9 Å². The van der Waals surface area contributed by atoms with Crippen LogP contribution in [0.2, 0.25) is 0 Å². The highest BCUT2D eigenvalue weighted by atomic mass is 32.2. The fourth-order valence-corrected chi connectivity index (χ4v) is 5.38. The quantitative estimate of drug-likeness (QED) is 0.376. The van der Waals surface area contributed by atoms with Gasteiger partial charge >= 0.3 is 6.18 Å². The van der Waals surface area contributed by atoms with Gasteiger partial charge in [0.05, 0.1) is 27.9 Å². The van der Waals surface area contributed by atoms with E-state index in [2.05, 4.69) is 9.97 Å². The lowest BCUT2D eigenvalue weighted by molar-refractivity contribution is -0.137. The standard InChI is InChI=1S/C20H19F3N4O5S.H2/c21-20(22,23)12-1-3-13(4-2-12)32-14-7-9-27(10-8-14)33(30,31)16-6-5-15-18(25-11-24-15)17(16)19(28)26-29;/h1-6,11,14,29H,7-10H2,(H,24,25)(H,26,28);1H. The lowest BCUT2D eigenvalue weighted by Gasteiger charge is -2.31. The largest absolute Gasteiger partial charge is 0.490 e. The van der Waals surface area contributed by atoms with Gasteiger partial charge in [-0.3, -0.25) is 10.0 Å². The first kappa shape index (κ1) is 23.0. The highest BCUT2D eigenvalue weighted by molar-refractivity contribution is 7.89. The number of aromatic nitrogens is 2. The highest BCUT2D eigenvalue weighted by Crippen LogP contribution is 2.32. The molecule has 9 nitrogen and oxygen atoms in total. The molecule has 1 saturated heterocycles. The number of nitrogens with one attached hydrogen (secondary N) is 2. The lowest BCUT2D eigenvalue weighted by Crippen LogP contribution is -2.42. The zero-order chi connectivity index (χ0) is 23.8. The van der Waals surface area contributed by atoms with Gasteiger partial charge in [-0.15, -0.1) is 0 Å². The molecule has 1 fully saturated rings. The maximum Gasteiger partial charge on any atom is 0.416 e. The fraction of sp³-hybridized carbons (Fsp3) is 0.300. The van der Waals surface area contributed by atoms with E-state index >= 15 is 0 Å². The second-order valence-electron chi connectivity index (χ2n) is 7.42. The minimum absolute atomic E-state index is 0. The predicted molar refractivity (Wildman–Crippen MR) is 111 cm³/mol. The van der Waals surface area contributed by atoms with Crippen molar-refractivity contribution in [1.29, 1.82) is 0 Å². The number of hydrogen-bond acceptors (Lipinski definition) is 6. The fourth-order valence-electron chi connectivity index (χ4n) is 3.72. The molecule has 0 atom stereocenters. The molecular formula is C20H21F3N4O5S. The molecule has 4 rings (SSSR count). The minimum atomic E-state index is -4.44. The Morgan fingerprint density at radius 1 is 1.18 bits per heavy atom. The molecule has 0 aliphatic carbocycles. The Morgan fingerprint density at radius 2 is 1.85 bits per heavy atom. The third kappa shape index (κ3) is 4.51. The Morgan fingerprint density at radius 3 is 2.45 bits per heavy atom. The second-order valence-corrected chi connectivity index (χ2v) is 9.33. The van der Waals surface area contributed by atoms with Gasteiger partial charge in [0.25, 0.3) is 5.91 Å². The van der Waals surface area contributed by atoms with E-state index in [1.165, 1.54) is 40.4 Å². The van der Waals surface area contributed by atoms with E-state index in [1.54, 1.807) is 0 Å². The van der Waals surface area contributed by atoms with E-state index in [0.29, 0.717) is 18.4 Å². The van der Waals surface area contributed by atoms with Gasteiger partial charge in [0.15, 0.2) is 0 Å². The van der Waals surface area contributed by atoms with E-state index in [4.69, 9.17) is 9.94 Å². The van der Waals surface area contributed by atoms with Crippen molar-refractivity contribution in [1.82, 2.24) is 19.8 Å². The molecule has 0 saturated carbocycles. The molecule has 1 aliphatic heterocycles. The van der Waals surface area contributed by atoms with Gasteiger partial charge in [-0.1, -0.05) is 0 Å². The summed E-state index contributed by atoms with van der Waals surface area (Å²) < 4.78 is 71.5. The summed E-state index contributed by atoms with van der Waals surface area (Å²) in [5.74, 6) is -0.748. The first-order valence-corrected chi connectivity index (χ1v) is 11.3. The Bertz CT molecular complexity index is 1270. The molecule has 2 aromatic carbocycles. The van der Waals surface area contributed by atoms with E-state index in [1.807, 2.05) is 0 Å². The summed E-state index contributed by atoms with van der Waals surface area (Å²) in [5.41, 5.74) is 0.924. The SMILES string of the molecule is O=C(NO)c1c(S(=O)(=O)N2CCC(Oc3ccc(C(F)(F)F)cc3)CC2)ccc2[nH]cnc12.[HH]. The molecule has 0 bridgehead atoms. The second kappa shape index (κ2) is 8.65. The number of imidazole rings is 1. The van der Waals surface area contributed by atoms with Gasteiger partial charge in [-0.2, -0.15) is 17.5 Å². The van der Waals surface area contributed by atoms with Crippen molar-refractivity contribution >= 4 is 27.0 Å². The summed E-state index contributed by atoms with van der Waals surface area (Å²) in [7, 11) is -4.11. The summed E-state index contributed by atoms with van der Waals surface area (Å²) in [4.78, 5) is 18.7. The monoisotopic (exact) mass is 486 g/mol. The van der Waals surface area contributed by atoms with Crippen LogP contribution in [-0.2, 0) is 16.2 Å². The third-order valence-electron chi connectivity index (χ3n) is 5.39. The van der Waals surface area contributed by atoms with Crippen LogP contribution in [0.1, 0.15) is 30.2 Å². The van der Waals surface area contributed by atoms with Crippen LogP contribution >= 0.6 is 0 Å². The van der Waals surface area contributed by atoms with Gasteiger partial charge in [-0.05, 0) is 49.2 Å². The third-order valence-corrected chi connectivity index (χ3v) is 7.33. The van der Waals surface area contributed by atoms with Gasteiger partial charge in [0, 0.05) is 14.5 Å².